The highest BCUT2D eigenvalue weighted by molar-refractivity contribution is 7.49. The zero-order valence-electron chi connectivity index (χ0n) is 86.9. The molecule has 0 rings (SSSR count). The molecule has 0 bridgehead atoms. The van der Waals surface area contributed by atoms with Gasteiger partial charge in [-0.3, -0.25) is 63.9 Å². The van der Waals surface area contributed by atoms with Gasteiger partial charge >= 0.3 is 43.2 Å². The summed E-state index contributed by atoms with van der Waals surface area (Å²) < 4.78 is 154. The number of esters is 2. The third-order valence-electron chi connectivity index (χ3n) is 22.2. The summed E-state index contributed by atoms with van der Waals surface area (Å²) in [6.45, 7) is 26.6. The van der Waals surface area contributed by atoms with E-state index in [0.717, 1.165) is 154 Å². The molecule has 0 radical (unpaired) electrons. The molecule has 0 spiro atoms. The largest absolute Gasteiger partial charge is 0.475 e. The highest BCUT2D eigenvalue weighted by atomic mass is 31.2. The zero-order valence-corrected chi connectivity index (χ0v) is 90.5. The molecular weight excluding hydrogens is 1890 g/mol. The first-order chi connectivity index (χ1) is 68.1. The van der Waals surface area contributed by atoms with E-state index >= 15 is 0 Å². The fourth-order valence-corrected chi connectivity index (χ4v) is 19.0. The SMILES string of the molecule is C=CCOP(=O)(OCCCCCOP(=O)(OCC=C)OCC(COCC[C@@H](CCCCCCC)OC(=O)CCCCCCCCCCC)N=[N+]=[N-])OCC(COCC[C@@H](CCCCCCC)OC(=O)CCCCCCCCCCC)N=[N+]=[N-].C=CCOP(=O)(OCCCCCOP(=O)(OCC=C)OCC(COCC[C@H](O)CCCCCCC)N=[N+]=[N-])OCC(COCC[C@H](O)CCCCCCC)N=[N+]=[N-]. The zero-order chi connectivity index (χ0) is 103. The normalized spacial score (nSPS) is 14.9. The first-order valence-electron chi connectivity index (χ1n) is 52.9. The summed E-state index contributed by atoms with van der Waals surface area (Å²) in [6, 6.07) is -3.34. The molecule has 0 aliphatic carbocycles. The molecule has 816 valence electrons. The topological polar surface area (TPSA) is 504 Å². The number of azide groups is 4. The van der Waals surface area contributed by atoms with Crippen LogP contribution in [0.15, 0.2) is 71.1 Å². The van der Waals surface area contributed by atoms with Crippen LogP contribution in [-0.2, 0) is 111 Å². The maximum atomic E-state index is 13.6. The van der Waals surface area contributed by atoms with Crippen LogP contribution in [0, 0.1) is 0 Å². The molecule has 0 fully saturated rings. The van der Waals surface area contributed by atoms with E-state index in [1.807, 2.05) is 0 Å². The average molecular weight is 2070 g/mol. The minimum Gasteiger partial charge on any atom is -0.462 e. The lowest BCUT2D eigenvalue weighted by atomic mass is 10.1. The number of carbonyl (C=O) groups is 2. The number of carbonyl (C=O) groups excluding carboxylic acids is 2. The van der Waals surface area contributed by atoms with Gasteiger partial charge in [0.15, 0.2) is 0 Å². The Morgan fingerprint density at radius 1 is 0.264 bits per heavy atom. The van der Waals surface area contributed by atoms with Crippen LogP contribution in [-0.4, -0.2) is 203 Å². The number of hydrogen-bond donors (Lipinski definition) is 2. The highest BCUT2D eigenvalue weighted by Gasteiger charge is 2.33. The molecule has 0 aliphatic rings. The van der Waals surface area contributed by atoms with E-state index in [2.05, 4.69) is 108 Å². The molecule has 0 aliphatic heterocycles. The van der Waals surface area contributed by atoms with Crippen LogP contribution in [0.25, 0.3) is 41.8 Å². The van der Waals surface area contributed by atoms with Crippen LogP contribution in [0.5, 0.6) is 0 Å². The minimum atomic E-state index is -4.14. The van der Waals surface area contributed by atoms with Gasteiger partial charge in [-0.15, -0.1) is 26.3 Å². The van der Waals surface area contributed by atoms with Crippen LogP contribution >= 0.6 is 31.3 Å². The van der Waals surface area contributed by atoms with Gasteiger partial charge in [-0.25, -0.2) is 18.3 Å². The maximum absolute atomic E-state index is 13.6. The summed E-state index contributed by atoms with van der Waals surface area (Å²) in [5.74, 6) is -0.367. The Morgan fingerprint density at radius 3 is 0.700 bits per heavy atom. The molecule has 0 aromatic rings. The number of nitrogens with zero attached hydrogens (tertiary/aromatic N) is 12. The summed E-state index contributed by atoms with van der Waals surface area (Å²) >= 11 is 0. The Morgan fingerprint density at radius 2 is 0.471 bits per heavy atom. The first kappa shape index (κ1) is 137. The number of aliphatic hydroxyl groups is 2. The van der Waals surface area contributed by atoms with Gasteiger partial charge in [-0.1, -0.05) is 305 Å². The Hall–Kier alpha value is -4.66. The summed E-state index contributed by atoms with van der Waals surface area (Å²) in [4.78, 5) is 37.2. The molecule has 0 aromatic heterocycles. The van der Waals surface area contributed by atoms with Crippen molar-refractivity contribution < 1.29 is 121 Å². The smallest absolute Gasteiger partial charge is 0.462 e. The Bertz CT molecular complexity index is 3160. The predicted molar refractivity (Wildman–Crippen MR) is 553 cm³/mol. The van der Waals surface area contributed by atoms with Gasteiger partial charge in [-0.2, -0.15) is 0 Å². The second-order valence-electron chi connectivity index (χ2n) is 35.2. The molecule has 0 amide bonds. The lowest BCUT2D eigenvalue weighted by Crippen LogP contribution is -2.23. The summed E-state index contributed by atoms with van der Waals surface area (Å²) in [7, 11) is -16.4. The number of phosphoric ester groups is 4. The molecule has 12 atom stereocenters. The molecule has 0 saturated carbocycles. The van der Waals surface area contributed by atoms with Gasteiger partial charge < -0.3 is 38.6 Å². The maximum Gasteiger partial charge on any atom is 0.475 e. The molecular formula is C98H188N12O26P4. The molecule has 38 nitrogen and oxygen atoms in total. The van der Waals surface area contributed by atoms with E-state index < -0.39 is 67.7 Å². The third kappa shape index (κ3) is 89.7. The van der Waals surface area contributed by atoms with Crippen molar-refractivity contribution in [2.45, 2.75) is 437 Å². The van der Waals surface area contributed by atoms with Crippen LogP contribution in [0.1, 0.15) is 388 Å². The van der Waals surface area contributed by atoms with E-state index in [4.69, 9.17) is 93.8 Å². The fourth-order valence-electron chi connectivity index (χ4n) is 14.1. The van der Waals surface area contributed by atoms with Gasteiger partial charge in [0, 0.05) is 58.5 Å². The van der Waals surface area contributed by atoms with Crippen molar-refractivity contribution in [1.29, 1.82) is 0 Å². The number of unbranched alkanes of at least 4 members (excludes halogenated alkanes) is 36. The van der Waals surface area contributed by atoms with Crippen molar-refractivity contribution in [3.05, 3.63) is 92.4 Å². The standard InChI is InChI=1S/C61H116N6O14P2.C37H72N6O12P2/c1-7-13-17-21-23-25-27-31-36-42-60(68)80-58(40-34-29-19-15-9-3)44-50-72-52-56(64-66-62)54-78-82(70,74-46-11-5)76-48-38-33-39-49-77-83(71,75-47-12-6)79-55-57(65-67-63)53-73-51-45-59(41-35-30-20-16-10-4)81-61(69)43-37-32-28-26-24-22-18-14-8-2;1-5-9-11-13-16-20-36(44)22-28-48-30-34(40-42-38)32-54-56(46,50-24-7-3)52-26-18-15-19-27-53-57(47,51-25-8-4)55-33-35(41-43-39)31-49-29-23-37(45)21-17-14-12-10-6-2/h11-12,56-59H,5-10,13-55H2,1-4H3;7-8,34-37,44-45H,3-6,9-33H2,1-2H3/t56?,57?,58-,59-,82?,83?;34?,35?,36-,37-,56?,57?/m11/s1. The van der Waals surface area contributed by atoms with Crippen LogP contribution < -0.4 is 0 Å². The number of aliphatic hydroxyl groups excluding tert-OH is 2. The van der Waals surface area contributed by atoms with Crippen molar-refractivity contribution >= 4 is 43.2 Å². The van der Waals surface area contributed by atoms with E-state index in [9.17, 15) is 49.1 Å². The quantitative estimate of drug-likeness (QED) is 0.0109. The Kier molecular flexibility index (Phi) is 99.7. The van der Waals surface area contributed by atoms with E-state index in [1.165, 1.54) is 127 Å². The second kappa shape index (κ2) is 102. The van der Waals surface area contributed by atoms with E-state index in [-0.39, 0.29) is 156 Å². The molecule has 140 heavy (non-hydrogen) atoms. The lowest BCUT2D eigenvalue weighted by Gasteiger charge is -2.21. The van der Waals surface area contributed by atoms with Gasteiger partial charge in [-0.05, 0) is 125 Å². The van der Waals surface area contributed by atoms with Crippen LogP contribution in [0.4, 0.5) is 0 Å². The molecule has 0 heterocycles. The van der Waals surface area contributed by atoms with E-state index in [0.29, 0.717) is 89.9 Å². The van der Waals surface area contributed by atoms with Gasteiger partial charge in [0.1, 0.15) is 12.2 Å². The first-order valence-corrected chi connectivity index (χ1v) is 58.7. The molecule has 42 heteroatoms. The number of rotatable bonds is 110. The number of ether oxygens (including phenoxy) is 6. The van der Waals surface area contributed by atoms with Crippen molar-refractivity contribution in [1.82, 2.24) is 0 Å². The van der Waals surface area contributed by atoms with Gasteiger partial charge in [0.2, 0.25) is 0 Å². The van der Waals surface area contributed by atoms with Gasteiger partial charge in [0.25, 0.3) is 0 Å². The van der Waals surface area contributed by atoms with E-state index in [1.54, 1.807) is 0 Å². The summed E-state index contributed by atoms with van der Waals surface area (Å²) in [6.07, 6.45) is 55.3. The lowest BCUT2D eigenvalue weighted by molar-refractivity contribution is -0.151. The van der Waals surface area contributed by atoms with Crippen molar-refractivity contribution in [3.63, 3.8) is 0 Å². The molecule has 2 N–H and O–H groups in total. The highest BCUT2D eigenvalue weighted by Crippen LogP contribution is 2.53. The van der Waals surface area contributed by atoms with Crippen LogP contribution in [0.3, 0.4) is 0 Å². The fraction of sp³-hybridized carbons (Fsp3) is 0.898. The molecule has 0 aromatic carbocycles. The third-order valence-corrected chi connectivity index (χ3v) is 28.0. The Balaban J connectivity index is 0. The van der Waals surface area contributed by atoms with Crippen molar-refractivity contribution in [3.8, 4) is 0 Å². The molecule has 8 unspecified atom stereocenters. The second-order valence-corrected chi connectivity index (χ2v) is 41.8. The summed E-state index contributed by atoms with van der Waals surface area (Å²) in [5, 5.41) is 35.2. The van der Waals surface area contributed by atoms with Crippen molar-refractivity contribution in [2.75, 3.05) is 132 Å². The molecule has 0 saturated heterocycles. The number of hydrogen-bond acceptors (Lipinski definition) is 30. The monoisotopic (exact) mass is 2070 g/mol. The van der Waals surface area contributed by atoms with Gasteiger partial charge in [0.05, 0.1) is 155 Å². The number of phosphoric acid groups is 4. The van der Waals surface area contributed by atoms with Crippen LogP contribution in [0.2, 0.25) is 0 Å². The Labute approximate surface area is 841 Å². The predicted octanol–water partition coefficient (Wildman–Crippen LogP) is 29.9. The average Bonchev–Trinajstić information content (AvgIpc) is 0.899. The minimum absolute atomic E-state index is 0.0108. The van der Waals surface area contributed by atoms with Crippen molar-refractivity contribution in [2.24, 2.45) is 20.5 Å². The summed E-state index contributed by atoms with van der Waals surface area (Å²) in [5.41, 5.74) is 36.6.